The molecule has 0 fully saturated rings. The maximum absolute atomic E-state index is 8.75. The first-order valence-electron chi connectivity index (χ1n) is 4.13. The van der Waals surface area contributed by atoms with Gasteiger partial charge in [0.05, 0.1) is 17.0 Å². The van der Waals surface area contributed by atoms with Crippen molar-refractivity contribution in [3.8, 4) is 6.07 Å². The van der Waals surface area contributed by atoms with Crippen LogP contribution in [0.3, 0.4) is 0 Å². The zero-order valence-corrected chi connectivity index (χ0v) is 8.69. The minimum atomic E-state index is -0.287. The Morgan fingerprint density at radius 1 is 1.69 bits per heavy atom. The molecule has 0 unspecified atom stereocenters. The van der Waals surface area contributed by atoms with Crippen molar-refractivity contribution >= 4 is 11.3 Å². The van der Waals surface area contributed by atoms with Crippen LogP contribution in [0.4, 0.5) is 0 Å². The average Bonchev–Trinajstić information content (AvgIpc) is 2.57. The van der Waals surface area contributed by atoms with Crippen LogP contribution in [-0.4, -0.2) is 11.5 Å². The van der Waals surface area contributed by atoms with Crippen LogP contribution in [0.25, 0.3) is 0 Å². The van der Waals surface area contributed by atoms with Gasteiger partial charge in [0.15, 0.2) is 0 Å². The Morgan fingerprint density at radius 2 is 2.46 bits per heavy atom. The normalized spacial score (nSPS) is 11.2. The van der Waals surface area contributed by atoms with Crippen LogP contribution in [0, 0.1) is 16.7 Å². The van der Waals surface area contributed by atoms with Gasteiger partial charge in [-0.15, -0.1) is 11.3 Å². The summed E-state index contributed by atoms with van der Waals surface area (Å²) in [4.78, 5) is 5.17. The van der Waals surface area contributed by atoms with Crippen LogP contribution in [0.2, 0.25) is 0 Å². The number of nitrogens with one attached hydrogen (secondary N) is 1. The fourth-order valence-corrected chi connectivity index (χ4v) is 1.43. The lowest BCUT2D eigenvalue weighted by atomic mass is 9.96. The molecule has 13 heavy (non-hydrogen) atoms. The fraction of sp³-hybridized carbons (Fsp3) is 0.556. The van der Waals surface area contributed by atoms with E-state index >= 15 is 0 Å². The van der Waals surface area contributed by atoms with Crippen LogP contribution in [-0.2, 0) is 6.54 Å². The molecule has 1 aromatic heterocycles. The zero-order chi connectivity index (χ0) is 9.73. The lowest BCUT2D eigenvalue weighted by molar-refractivity contribution is 0.446. The second-order valence-corrected chi connectivity index (χ2v) is 4.54. The summed E-state index contributed by atoms with van der Waals surface area (Å²) < 4.78 is 0. The first-order chi connectivity index (χ1) is 6.14. The lowest BCUT2D eigenvalue weighted by Gasteiger charge is -2.14. The van der Waals surface area contributed by atoms with Crippen molar-refractivity contribution in [2.24, 2.45) is 5.41 Å². The maximum Gasteiger partial charge on any atom is 0.0794 e. The molecule has 1 aromatic rings. The summed E-state index contributed by atoms with van der Waals surface area (Å²) in [5.74, 6) is 0. The summed E-state index contributed by atoms with van der Waals surface area (Å²) in [5.41, 5.74) is 1.52. The fourth-order valence-electron chi connectivity index (χ4n) is 0.867. The van der Waals surface area contributed by atoms with Crippen LogP contribution >= 0.6 is 11.3 Å². The number of aromatic nitrogens is 1. The minimum Gasteiger partial charge on any atom is -0.310 e. The van der Waals surface area contributed by atoms with E-state index in [9.17, 15) is 0 Å². The molecule has 0 saturated heterocycles. The molecule has 3 nitrogen and oxygen atoms in total. The van der Waals surface area contributed by atoms with Gasteiger partial charge in [0.1, 0.15) is 0 Å². The van der Waals surface area contributed by atoms with E-state index < -0.39 is 0 Å². The Balaban J connectivity index is 2.26. The Morgan fingerprint density at radius 3 is 3.00 bits per heavy atom. The Bertz CT molecular complexity index is 284. The van der Waals surface area contributed by atoms with E-state index in [1.54, 1.807) is 11.3 Å². The highest BCUT2D eigenvalue weighted by Crippen LogP contribution is 2.11. The predicted molar refractivity (Wildman–Crippen MR) is 53.2 cm³/mol. The molecule has 0 saturated carbocycles. The van der Waals surface area contributed by atoms with Gasteiger partial charge in [-0.2, -0.15) is 5.26 Å². The molecule has 0 atom stereocenters. The predicted octanol–water partition coefficient (Wildman–Crippen LogP) is 1.78. The van der Waals surface area contributed by atoms with E-state index in [0.29, 0.717) is 6.54 Å². The van der Waals surface area contributed by atoms with E-state index in [1.165, 1.54) is 4.88 Å². The summed E-state index contributed by atoms with van der Waals surface area (Å²) in [7, 11) is 0. The Kier molecular flexibility index (Phi) is 3.40. The molecule has 0 spiro atoms. The van der Waals surface area contributed by atoms with E-state index in [-0.39, 0.29) is 5.41 Å². The van der Waals surface area contributed by atoms with Crippen molar-refractivity contribution in [1.82, 2.24) is 10.3 Å². The number of rotatable bonds is 4. The van der Waals surface area contributed by atoms with E-state index in [2.05, 4.69) is 16.4 Å². The van der Waals surface area contributed by atoms with Crippen molar-refractivity contribution in [2.45, 2.75) is 20.4 Å². The maximum atomic E-state index is 8.75. The standard InChI is InChI=1S/C9H13N3S/c1-9(2,5-10)6-11-3-8-4-12-7-13-8/h4,7,11H,3,6H2,1-2H3. The number of thiazole rings is 1. The van der Waals surface area contributed by atoms with Crippen LogP contribution in [0.15, 0.2) is 11.7 Å². The molecular formula is C9H13N3S. The van der Waals surface area contributed by atoms with Gasteiger partial charge in [0.2, 0.25) is 0 Å². The molecule has 4 heteroatoms. The van der Waals surface area contributed by atoms with Gasteiger partial charge in [-0.05, 0) is 13.8 Å². The molecule has 0 radical (unpaired) electrons. The van der Waals surface area contributed by atoms with Gasteiger partial charge < -0.3 is 5.32 Å². The Hall–Kier alpha value is -0.920. The average molecular weight is 195 g/mol. The van der Waals surface area contributed by atoms with Crippen molar-refractivity contribution < 1.29 is 0 Å². The molecule has 0 aliphatic carbocycles. The van der Waals surface area contributed by atoms with Crippen LogP contribution < -0.4 is 5.32 Å². The topological polar surface area (TPSA) is 48.7 Å². The second-order valence-electron chi connectivity index (χ2n) is 3.57. The summed E-state index contributed by atoms with van der Waals surface area (Å²) in [6.45, 7) is 5.36. The third-order valence-electron chi connectivity index (χ3n) is 1.65. The number of hydrogen-bond acceptors (Lipinski definition) is 4. The summed E-state index contributed by atoms with van der Waals surface area (Å²) in [6, 6.07) is 2.25. The third kappa shape index (κ3) is 3.53. The highest BCUT2D eigenvalue weighted by Gasteiger charge is 2.15. The molecule has 1 heterocycles. The van der Waals surface area contributed by atoms with Crippen molar-refractivity contribution in [2.75, 3.05) is 6.54 Å². The lowest BCUT2D eigenvalue weighted by Crippen LogP contribution is -2.27. The number of hydrogen-bond donors (Lipinski definition) is 1. The molecule has 0 amide bonds. The summed E-state index contributed by atoms with van der Waals surface area (Å²) in [6.07, 6.45) is 1.84. The van der Waals surface area contributed by atoms with Crippen molar-refractivity contribution in [3.05, 3.63) is 16.6 Å². The minimum absolute atomic E-state index is 0.287. The number of nitrogens with zero attached hydrogens (tertiary/aromatic N) is 2. The quantitative estimate of drug-likeness (QED) is 0.796. The molecule has 1 rings (SSSR count). The zero-order valence-electron chi connectivity index (χ0n) is 7.87. The molecule has 0 aliphatic rings. The molecule has 0 aliphatic heterocycles. The second kappa shape index (κ2) is 4.35. The highest BCUT2D eigenvalue weighted by atomic mass is 32.1. The molecule has 70 valence electrons. The van der Waals surface area contributed by atoms with Crippen molar-refractivity contribution in [3.63, 3.8) is 0 Å². The summed E-state index contributed by atoms with van der Waals surface area (Å²) >= 11 is 1.62. The van der Waals surface area contributed by atoms with E-state index in [1.807, 2.05) is 25.6 Å². The van der Waals surface area contributed by atoms with Crippen molar-refractivity contribution in [1.29, 1.82) is 5.26 Å². The highest BCUT2D eigenvalue weighted by molar-refractivity contribution is 7.09. The largest absolute Gasteiger partial charge is 0.310 e. The van der Waals surface area contributed by atoms with Gasteiger partial charge in [-0.25, -0.2) is 0 Å². The monoisotopic (exact) mass is 195 g/mol. The molecular weight excluding hydrogens is 182 g/mol. The smallest absolute Gasteiger partial charge is 0.0794 e. The van der Waals surface area contributed by atoms with Gasteiger partial charge >= 0.3 is 0 Å². The summed E-state index contributed by atoms with van der Waals surface area (Å²) in [5, 5.41) is 12.0. The van der Waals surface area contributed by atoms with Gasteiger partial charge in [-0.1, -0.05) is 0 Å². The van der Waals surface area contributed by atoms with Crippen LogP contribution in [0.1, 0.15) is 18.7 Å². The third-order valence-corrected chi connectivity index (χ3v) is 2.43. The molecule has 0 aromatic carbocycles. The van der Waals surface area contributed by atoms with Gasteiger partial charge in [0.25, 0.3) is 0 Å². The Labute approximate surface area is 82.4 Å². The molecule has 1 N–H and O–H groups in total. The number of nitriles is 1. The van der Waals surface area contributed by atoms with Gasteiger partial charge in [0, 0.05) is 24.2 Å². The first-order valence-corrected chi connectivity index (χ1v) is 5.01. The van der Waals surface area contributed by atoms with E-state index in [0.717, 1.165) is 6.54 Å². The van der Waals surface area contributed by atoms with E-state index in [4.69, 9.17) is 5.26 Å². The van der Waals surface area contributed by atoms with Crippen LogP contribution in [0.5, 0.6) is 0 Å². The first kappa shape index (κ1) is 10.2. The van der Waals surface area contributed by atoms with Gasteiger partial charge in [-0.3, -0.25) is 4.98 Å². The molecule has 0 bridgehead atoms. The SMILES string of the molecule is CC(C)(C#N)CNCc1cncs1.